The first-order valence-corrected chi connectivity index (χ1v) is 8.78. The van der Waals surface area contributed by atoms with Crippen LogP contribution in [0.5, 0.6) is 0 Å². The number of ether oxygens (including phenoxy) is 1. The van der Waals surface area contributed by atoms with Crippen molar-refractivity contribution in [2.45, 2.75) is 58.2 Å². The van der Waals surface area contributed by atoms with Gasteiger partial charge in [0.2, 0.25) is 11.8 Å². The average molecular weight is 346 g/mol. The highest BCUT2D eigenvalue weighted by Gasteiger charge is 2.45. The second-order valence-corrected chi connectivity index (χ2v) is 8.36. The van der Waals surface area contributed by atoms with E-state index in [1.54, 1.807) is 6.08 Å². The van der Waals surface area contributed by atoms with Gasteiger partial charge in [0, 0.05) is 29.0 Å². The molecule has 0 saturated heterocycles. The molecule has 0 aromatic carbocycles. The number of carbonyl (C=O) groups excluding carboxylic acids is 3. The number of hydrogen-bond acceptors (Lipinski definition) is 4. The van der Waals surface area contributed by atoms with Crippen LogP contribution < -0.4 is 10.6 Å². The Morgan fingerprint density at radius 1 is 1.20 bits per heavy atom. The van der Waals surface area contributed by atoms with Crippen molar-refractivity contribution in [3.05, 3.63) is 23.8 Å². The molecule has 1 heterocycles. The Kier molecular flexibility index (Phi) is 4.25. The van der Waals surface area contributed by atoms with Gasteiger partial charge >= 0.3 is 0 Å². The highest BCUT2D eigenvalue weighted by atomic mass is 16.5. The van der Waals surface area contributed by atoms with Crippen LogP contribution in [-0.4, -0.2) is 36.0 Å². The van der Waals surface area contributed by atoms with Crippen molar-refractivity contribution >= 4 is 18.3 Å². The van der Waals surface area contributed by atoms with Crippen molar-refractivity contribution in [2.75, 3.05) is 0 Å². The van der Waals surface area contributed by atoms with E-state index in [0.717, 1.165) is 6.42 Å². The zero-order valence-electron chi connectivity index (χ0n) is 15.2. The quantitative estimate of drug-likeness (QED) is 0.586. The van der Waals surface area contributed by atoms with E-state index in [9.17, 15) is 14.4 Å². The maximum atomic E-state index is 12.9. The summed E-state index contributed by atoms with van der Waals surface area (Å²) in [7, 11) is 0. The minimum Gasteiger partial charge on any atom is -0.460 e. The maximum absolute atomic E-state index is 12.9. The summed E-state index contributed by atoms with van der Waals surface area (Å²) in [5.74, 6) is -0.702. The molecule has 0 aromatic rings. The number of fused-ring (bicyclic) bond motifs is 2. The zero-order valence-corrected chi connectivity index (χ0v) is 15.2. The molecule has 6 nitrogen and oxygen atoms in total. The van der Waals surface area contributed by atoms with Crippen LogP contribution in [0.3, 0.4) is 0 Å². The molecule has 1 saturated carbocycles. The SMILES string of the molecule is CC1(C)/C=C\C2CC2NC(=O)C2CC(OC=O)C=C2C(=O)NC1(C)C. The molecule has 2 aliphatic carbocycles. The molecule has 0 spiro atoms. The number of rotatable bonds is 2. The highest BCUT2D eigenvalue weighted by molar-refractivity contribution is 6.01. The molecule has 3 rings (SSSR count). The van der Waals surface area contributed by atoms with Gasteiger partial charge in [-0.15, -0.1) is 0 Å². The first-order chi connectivity index (χ1) is 11.6. The molecule has 4 atom stereocenters. The monoisotopic (exact) mass is 346 g/mol. The van der Waals surface area contributed by atoms with Crippen LogP contribution in [0.4, 0.5) is 0 Å². The third kappa shape index (κ3) is 3.34. The van der Waals surface area contributed by atoms with Gasteiger partial charge in [-0.2, -0.15) is 0 Å². The van der Waals surface area contributed by atoms with Gasteiger partial charge in [-0.25, -0.2) is 0 Å². The second-order valence-electron chi connectivity index (χ2n) is 8.36. The van der Waals surface area contributed by atoms with Crippen molar-refractivity contribution in [3.8, 4) is 0 Å². The average Bonchev–Trinajstić information content (AvgIpc) is 3.10. The molecule has 0 aromatic heterocycles. The topological polar surface area (TPSA) is 84.5 Å². The fraction of sp³-hybridized carbons (Fsp3) is 0.632. The lowest BCUT2D eigenvalue weighted by molar-refractivity contribution is -0.133. The van der Waals surface area contributed by atoms with Crippen LogP contribution in [0.1, 0.15) is 40.5 Å². The predicted molar refractivity (Wildman–Crippen MR) is 92.3 cm³/mol. The van der Waals surface area contributed by atoms with Gasteiger partial charge in [-0.1, -0.05) is 26.0 Å². The Labute approximate surface area is 148 Å². The van der Waals surface area contributed by atoms with E-state index < -0.39 is 17.6 Å². The van der Waals surface area contributed by atoms with E-state index in [0.29, 0.717) is 24.4 Å². The number of nitrogens with one attached hydrogen (secondary N) is 2. The van der Waals surface area contributed by atoms with Crippen LogP contribution in [0.15, 0.2) is 23.8 Å². The van der Waals surface area contributed by atoms with Crippen LogP contribution >= 0.6 is 0 Å². The van der Waals surface area contributed by atoms with E-state index >= 15 is 0 Å². The molecule has 2 N–H and O–H groups in total. The van der Waals surface area contributed by atoms with E-state index in [1.807, 2.05) is 13.8 Å². The minimum atomic E-state index is -0.589. The molecule has 136 valence electrons. The Balaban J connectivity index is 1.94. The molecule has 25 heavy (non-hydrogen) atoms. The van der Waals surface area contributed by atoms with E-state index in [1.165, 1.54) is 0 Å². The lowest BCUT2D eigenvalue weighted by Crippen LogP contribution is -2.54. The molecule has 0 radical (unpaired) electrons. The largest absolute Gasteiger partial charge is 0.460 e. The van der Waals surface area contributed by atoms with Gasteiger partial charge in [0.05, 0.1) is 5.92 Å². The molecule has 3 aliphatic rings. The summed E-state index contributed by atoms with van der Waals surface area (Å²) in [6, 6.07) is 0.123. The second kappa shape index (κ2) is 6.00. The van der Waals surface area contributed by atoms with Crippen LogP contribution in [0.25, 0.3) is 0 Å². The zero-order chi connectivity index (χ0) is 18.4. The lowest BCUT2D eigenvalue weighted by Gasteiger charge is -2.41. The Morgan fingerprint density at radius 3 is 2.60 bits per heavy atom. The van der Waals surface area contributed by atoms with E-state index in [2.05, 4.69) is 36.6 Å². The van der Waals surface area contributed by atoms with Crippen molar-refractivity contribution in [2.24, 2.45) is 17.3 Å². The van der Waals surface area contributed by atoms with Gasteiger partial charge in [-0.3, -0.25) is 14.4 Å². The minimum absolute atomic E-state index is 0.123. The highest BCUT2D eigenvalue weighted by Crippen LogP contribution is 2.39. The van der Waals surface area contributed by atoms with Crippen LogP contribution in [0, 0.1) is 17.3 Å². The molecule has 2 amide bonds. The number of hydrogen-bond donors (Lipinski definition) is 2. The fourth-order valence-electron chi connectivity index (χ4n) is 3.36. The molecule has 1 aliphatic heterocycles. The number of carbonyl (C=O) groups is 3. The van der Waals surface area contributed by atoms with Gasteiger partial charge in [0.15, 0.2) is 0 Å². The smallest absolute Gasteiger partial charge is 0.293 e. The standard InChI is InChI=1S/C19H26N2O4/c1-18(2)6-5-11-7-15(11)20-16(23)13-8-12(25-10-22)9-14(13)17(24)21-19(18,3)4/h5-6,9-13,15H,7-8H2,1-4H3,(H,20,23)(H,21,24)/b6-5-. The molecule has 0 bridgehead atoms. The Morgan fingerprint density at radius 2 is 1.92 bits per heavy atom. The van der Waals surface area contributed by atoms with Crippen LogP contribution in [0.2, 0.25) is 0 Å². The summed E-state index contributed by atoms with van der Waals surface area (Å²) in [6.07, 6.45) is 6.56. The predicted octanol–water partition coefficient (Wildman–Crippen LogP) is 1.47. The van der Waals surface area contributed by atoms with Gasteiger partial charge in [-0.05, 0) is 32.3 Å². The summed E-state index contributed by atoms with van der Waals surface area (Å²) in [4.78, 5) is 36.2. The summed E-state index contributed by atoms with van der Waals surface area (Å²) in [6.45, 7) is 8.50. The summed E-state index contributed by atoms with van der Waals surface area (Å²) >= 11 is 0. The summed E-state index contributed by atoms with van der Waals surface area (Å²) < 4.78 is 4.99. The normalized spacial score (nSPS) is 37.0. The molecule has 1 fully saturated rings. The van der Waals surface area contributed by atoms with Gasteiger partial charge in [0.1, 0.15) is 6.10 Å². The van der Waals surface area contributed by atoms with Crippen molar-refractivity contribution in [1.29, 1.82) is 0 Å². The maximum Gasteiger partial charge on any atom is 0.293 e. The molecular weight excluding hydrogens is 320 g/mol. The van der Waals surface area contributed by atoms with Crippen molar-refractivity contribution in [1.82, 2.24) is 10.6 Å². The lowest BCUT2D eigenvalue weighted by atomic mass is 9.73. The number of amides is 2. The first kappa shape index (κ1) is 17.7. The third-order valence-corrected chi connectivity index (χ3v) is 5.98. The first-order valence-electron chi connectivity index (χ1n) is 8.78. The summed E-state index contributed by atoms with van der Waals surface area (Å²) in [5.41, 5.74) is -0.378. The van der Waals surface area contributed by atoms with Crippen LogP contribution in [-0.2, 0) is 19.1 Å². The van der Waals surface area contributed by atoms with Gasteiger partial charge < -0.3 is 15.4 Å². The molecule has 4 unspecified atom stereocenters. The Bertz CT molecular complexity index is 662. The summed E-state index contributed by atoms with van der Waals surface area (Å²) in [5, 5.41) is 6.08. The Hall–Kier alpha value is -2.11. The molecule has 6 heteroatoms. The van der Waals surface area contributed by atoms with E-state index in [4.69, 9.17) is 4.74 Å². The van der Waals surface area contributed by atoms with E-state index in [-0.39, 0.29) is 23.3 Å². The van der Waals surface area contributed by atoms with Crippen molar-refractivity contribution in [3.63, 3.8) is 0 Å². The van der Waals surface area contributed by atoms with Gasteiger partial charge in [0.25, 0.3) is 6.47 Å². The fourth-order valence-corrected chi connectivity index (χ4v) is 3.36. The molecular formula is C19H26N2O4. The third-order valence-electron chi connectivity index (χ3n) is 5.98. The van der Waals surface area contributed by atoms with Crippen molar-refractivity contribution < 1.29 is 19.1 Å².